The lowest BCUT2D eigenvalue weighted by Gasteiger charge is -2.29. The molecule has 3 heteroatoms. The van der Waals surface area contributed by atoms with Crippen molar-refractivity contribution >= 4 is 5.97 Å². The summed E-state index contributed by atoms with van der Waals surface area (Å²) in [4.78, 5) is 14.0. The van der Waals surface area contributed by atoms with Gasteiger partial charge >= 0.3 is 5.97 Å². The molecule has 2 aliphatic rings. The van der Waals surface area contributed by atoms with Gasteiger partial charge in [-0.3, -0.25) is 4.79 Å². The van der Waals surface area contributed by atoms with Gasteiger partial charge in [0.2, 0.25) is 0 Å². The summed E-state index contributed by atoms with van der Waals surface area (Å²) in [6.07, 6.45) is 7.17. The Kier molecular flexibility index (Phi) is 4.06. The van der Waals surface area contributed by atoms with Crippen molar-refractivity contribution in [1.82, 2.24) is 4.90 Å². The first kappa shape index (κ1) is 13.6. The fourth-order valence-corrected chi connectivity index (χ4v) is 3.53. The van der Waals surface area contributed by atoms with Crippen LogP contribution in [0.15, 0.2) is 18.2 Å². The molecule has 1 fully saturated rings. The van der Waals surface area contributed by atoms with Gasteiger partial charge in [0.05, 0.1) is 5.92 Å². The smallest absolute Gasteiger partial charge is 0.312 e. The zero-order valence-electron chi connectivity index (χ0n) is 12.0. The van der Waals surface area contributed by atoms with Gasteiger partial charge in [0.25, 0.3) is 0 Å². The number of aryl methyl sites for hydroxylation is 2. The molecule has 1 aliphatic heterocycles. The van der Waals surface area contributed by atoms with Crippen LogP contribution in [-0.2, 0) is 17.6 Å². The maximum absolute atomic E-state index is 11.6. The molecule has 1 aromatic rings. The summed E-state index contributed by atoms with van der Waals surface area (Å²) in [6.45, 7) is 2.76. The van der Waals surface area contributed by atoms with E-state index >= 15 is 0 Å². The standard InChI is InChI=1S/C17H23NO2/c19-17(20)16(12-18-9-2-1-3-10-18)15-8-7-13-5-4-6-14(13)11-15/h7-8,11,16H,1-6,9-10,12H2,(H,19,20). The number of fused-ring (bicyclic) bond motifs is 1. The maximum Gasteiger partial charge on any atom is 0.312 e. The van der Waals surface area contributed by atoms with E-state index in [1.165, 1.54) is 36.8 Å². The van der Waals surface area contributed by atoms with Gasteiger partial charge in [0.15, 0.2) is 0 Å². The fraction of sp³-hybridized carbons (Fsp3) is 0.588. The largest absolute Gasteiger partial charge is 0.481 e. The molecule has 1 unspecified atom stereocenters. The highest BCUT2D eigenvalue weighted by Crippen LogP contribution is 2.27. The van der Waals surface area contributed by atoms with Gasteiger partial charge in [-0.1, -0.05) is 24.6 Å². The number of piperidine rings is 1. The van der Waals surface area contributed by atoms with Crippen LogP contribution in [0.5, 0.6) is 0 Å². The van der Waals surface area contributed by atoms with Crippen LogP contribution in [0.3, 0.4) is 0 Å². The minimum Gasteiger partial charge on any atom is -0.481 e. The lowest BCUT2D eigenvalue weighted by atomic mass is 9.94. The Morgan fingerprint density at radius 1 is 1.10 bits per heavy atom. The molecule has 3 nitrogen and oxygen atoms in total. The Labute approximate surface area is 120 Å². The number of aliphatic carboxylic acids is 1. The zero-order valence-corrected chi connectivity index (χ0v) is 12.0. The van der Waals surface area contributed by atoms with Crippen LogP contribution in [0.1, 0.15) is 48.3 Å². The molecule has 108 valence electrons. The average molecular weight is 273 g/mol. The monoisotopic (exact) mass is 273 g/mol. The molecule has 20 heavy (non-hydrogen) atoms. The molecule has 1 atom stereocenters. The minimum atomic E-state index is -0.687. The predicted molar refractivity (Wildman–Crippen MR) is 79.1 cm³/mol. The molecule has 1 heterocycles. The van der Waals surface area contributed by atoms with E-state index in [9.17, 15) is 9.90 Å². The highest BCUT2D eigenvalue weighted by molar-refractivity contribution is 5.76. The van der Waals surface area contributed by atoms with Gasteiger partial charge in [-0.15, -0.1) is 0 Å². The summed E-state index contributed by atoms with van der Waals surface area (Å²) in [5.41, 5.74) is 3.77. The molecule has 0 radical (unpaired) electrons. The summed E-state index contributed by atoms with van der Waals surface area (Å²) in [5.74, 6) is -1.06. The second-order valence-electron chi connectivity index (χ2n) is 6.13. The third-order valence-electron chi connectivity index (χ3n) is 4.71. The Hall–Kier alpha value is -1.35. The molecule has 1 N–H and O–H groups in total. The van der Waals surface area contributed by atoms with E-state index in [0.717, 1.165) is 31.5 Å². The third-order valence-corrected chi connectivity index (χ3v) is 4.71. The van der Waals surface area contributed by atoms with Crippen molar-refractivity contribution in [2.75, 3.05) is 19.6 Å². The molecular weight excluding hydrogens is 250 g/mol. The summed E-state index contributed by atoms with van der Waals surface area (Å²) in [5, 5.41) is 9.58. The number of carbonyl (C=O) groups is 1. The highest BCUT2D eigenvalue weighted by Gasteiger charge is 2.25. The molecule has 0 bridgehead atoms. The zero-order chi connectivity index (χ0) is 13.9. The van der Waals surface area contributed by atoms with Gasteiger partial charge < -0.3 is 10.0 Å². The Morgan fingerprint density at radius 3 is 2.60 bits per heavy atom. The van der Waals surface area contributed by atoms with E-state index in [4.69, 9.17) is 0 Å². The number of carboxylic acid groups (broad SMARTS) is 1. The van der Waals surface area contributed by atoms with Crippen LogP contribution in [0.25, 0.3) is 0 Å². The molecular formula is C17H23NO2. The number of nitrogens with zero attached hydrogens (tertiary/aromatic N) is 1. The summed E-state index contributed by atoms with van der Waals surface area (Å²) < 4.78 is 0. The molecule has 1 aromatic carbocycles. The third kappa shape index (κ3) is 2.88. The van der Waals surface area contributed by atoms with E-state index in [2.05, 4.69) is 17.0 Å². The number of hydrogen-bond donors (Lipinski definition) is 1. The summed E-state index contributed by atoms with van der Waals surface area (Å²) >= 11 is 0. The average Bonchev–Trinajstić information content (AvgIpc) is 2.93. The van der Waals surface area contributed by atoms with Crippen LogP contribution in [0.4, 0.5) is 0 Å². The fourth-order valence-electron chi connectivity index (χ4n) is 3.53. The number of benzene rings is 1. The van der Waals surface area contributed by atoms with Crippen molar-refractivity contribution in [2.45, 2.75) is 44.4 Å². The predicted octanol–water partition coefficient (Wildman–Crippen LogP) is 2.83. The topological polar surface area (TPSA) is 40.5 Å². The lowest BCUT2D eigenvalue weighted by Crippen LogP contribution is -2.35. The summed E-state index contributed by atoms with van der Waals surface area (Å²) in [6, 6.07) is 6.32. The van der Waals surface area contributed by atoms with E-state index in [0.29, 0.717) is 6.54 Å². The van der Waals surface area contributed by atoms with Crippen LogP contribution in [-0.4, -0.2) is 35.6 Å². The maximum atomic E-state index is 11.6. The van der Waals surface area contributed by atoms with Crippen LogP contribution in [0.2, 0.25) is 0 Å². The minimum absolute atomic E-state index is 0.376. The van der Waals surface area contributed by atoms with Gasteiger partial charge in [0.1, 0.15) is 0 Å². The normalized spacial score (nSPS) is 20.6. The Balaban J connectivity index is 1.77. The molecule has 0 amide bonds. The molecule has 0 saturated carbocycles. The number of rotatable bonds is 4. The van der Waals surface area contributed by atoms with Crippen molar-refractivity contribution in [2.24, 2.45) is 0 Å². The first-order chi connectivity index (χ1) is 9.74. The molecule has 0 spiro atoms. The number of hydrogen-bond acceptors (Lipinski definition) is 2. The van der Waals surface area contributed by atoms with Crippen molar-refractivity contribution in [3.63, 3.8) is 0 Å². The first-order valence-corrected chi connectivity index (χ1v) is 7.81. The summed E-state index contributed by atoms with van der Waals surface area (Å²) in [7, 11) is 0. The number of likely N-dealkylation sites (tertiary alicyclic amines) is 1. The molecule has 3 rings (SSSR count). The van der Waals surface area contributed by atoms with E-state index in [1.807, 2.05) is 6.07 Å². The van der Waals surface area contributed by atoms with Crippen molar-refractivity contribution < 1.29 is 9.90 Å². The highest BCUT2D eigenvalue weighted by atomic mass is 16.4. The first-order valence-electron chi connectivity index (χ1n) is 7.81. The van der Waals surface area contributed by atoms with E-state index in [1.54, 1.807) is 0 Å². The van der Waals surface area contributed by atoms with Gasteiger partial charge in [-0.05, 0) is 61.9 Å². The van der Waals surface area contributed by atoms with Gasteiger partial charge in [0, 0.05) is 6.54 Å². The van der Waals surface area contributed by atoms with Crippen molar-refractivity contribution in [3.05, 3.63) is 34.9 Å². The van der Waals surface area contributed by atoms with Crippen molar-refractivity contribution in [3.8, 4) is 0 Å². The molecule has 1 saturated heterocycles. The van der Waals surface area contributed by atoms with Crippen LogP contribution < -0.4 is 0 Å². The van der Waals surface area contributed by atoms with Crippen LogP contribution in [0, 0.1) is 0 Å². The second kappa shape index (κ2) is 5.96. The van der Waals surface area contributed by atoms with Gasteiger partial charge in [-0.25, -0.2) is 0 Å². The molecule has 0 aromatic heterocycles. The lowest BCUT2D eigenvalue weighted by molar-refractivity contribution is -0.139. The Morgan fingerprint density at radius 2 is 1.85 bits per heavy atom. The van der Waals surface area contributed by atoms with Crippen LogP contribution >= 0.6 is 0 Å². The number of carboxylic acids is 1. The SMILES string of the molecule is O=C(O)C(CN1CCCCC1)c1ccc2c(c1)CCC2. The second-order valence-corrected chi connectivity index (χ2v) is 6.13. The van der Waals surface area contributed by atoms with Crippen molar-refractivity contribution in [1.29, 1.82) is 0 Å². The Bertz CT molecular complexity index is 492. The van der Waals surface area contributed by atoms with E-state index < -0.39 is 5.97 Å². The van der Waals surface area contributed by atoms with Gasteiger partial charge in [-0.2, -0.15) is 0 Å². The molecule has 1 aliphatic carbocycles. The van der Waals surface area contributed by atoms with E-state index in [-0.39, 0.29) is 5.92 Å². The quantitative estimate of drug-likeness (QED) is 0.917.